The number of rotatable bonds is 60. The van der Waals surface area contributed by atoms with Crippen LogP contribution in [0.4, 0.5) is 0 Å². The molecule has 504 valence electrons. The molecule has 0 aromatic heterocycles. The average Bonchev–Trinajstić information content (AvgIpc) is 3.72. The molecule has 5 atom stereocenters. The molecule has 89 heavy (non-hydrogen) atoms. The third-order valence-electron chi connectivity index (χ3n) is 12.7. The van der Waals surface area contributed by atoms with Gasteiger partial charge >= 0.3 is 33.6 Å². The Kier molecular flexibility index (Phi) is 59.9. The van der Waals surface area contributed by atoms with E-state index in [1.165, 1.54) is 0 Å². The van der Waals surface area contributed by atoms with Gasteiger partial charge < -0.3 is 34.2 Å². The number of carbonyl (C=O) groups excluding carboxylic acids is 3. The van der Waals surface area contributed by atoms with Crippen molar-refractivity contribution in [1.29, 1.82) is 0 Å². The number of ether oxygens (including phenoxy) is 3. The SMILES string of the molecule is CC/C=C\C/C=C\C/C=C\C/C=C\C/C=C\C/C=C\CCCCCCC(=O)OCC(O)COP(=O)(O)OCC(O)COP(=O)(O)OCC(COC(=O)CCC/C=C\C/C=C\C/C=C\C/C=C\C/C=C\CC)OC(=O)CCCCCCC/C=C\C/C=C\CCC. The van der Waals surface area contributed by atoms with E-state index >= 15 is 0 Å². The highest BCUT2D eigenvalue weighted by atomic mass is 31.2. The third-order valence-corrected chi connectivity index (χ3v) is 14.6. The summed E-state index contributed by atoms with van der Waals surface area (Å²) in [6.07, 6.45) is 76.0. The Hall–Kier alpha value is -4.83. The second kappa shape index (κ2) is 63.3. The molecule has 0 spiro atoms. The number of carbonyl (C=O) groups is 3. The zero-order valence-electron chi connectivity index (χ0n) is 54.3. The van der Waals surface area contributed by atoms with Crippen molar-refractivity contribution in [2.24, 2.45) is 0 Å². The summed E-state index contributed by atoms with van der Waals surface area (Å²) in [7, 11) is -9.81. The molecule has 0 saturated heterocycles. The molecular weight excluding hydrogens is 1170 g/mol. The average molecular weight is 1290 g/mol. The van der Waals surface area contributed by atoms with E-state index in [0.29, 0.717) is 25.7 Å². The Labute approximate surface area is 536 Å². The first-order chi connectivity index (χ1) is 43.2. The van der Waals surface area contributed by atoms with Gasteiger partial charge in [0.15, 0.2) is 6.10 Å². The Bertz CT molecular complexity index is 2250. The molecule has 5 unspecified atom stereocenters. The fourth-order valence-corrected chi connectivity index (χ4v) is 9.35. The zero-order chi connectivity index (χ0) is 65.3. The lowest BCUT2D eigenvalue weighted by Gasteiger charge is -2.21. The van der Waals surface area contributed by atoms with Crippen LogP contribution in [0.5, 0.6) is 0 Å². The molecule has 0 aromatic rings. The number of aliphatic hydroxyl groups excluding tert-OH is 2. The topological polar surface area (TPSA) is 231 Å². The summed E-state index contributed by atoms with van der Waals surface area (Å²) in [6.45, 7) is 2.21. The molecule has 0 aliphatic carbocycles. The van der Waals surface area contributed by atoms with E-state index in [2.05, 4.69) is 167 Å². The standard InChI is InChI=1S/C71H114O16P2/c1-4-7-10-13-16-19-22-25-27-29-30-31-32-33-34-36-38-40-42-45-48-51-54-57-69(74)81-60-66(72)61-83-88(77,78)84-62-67(73)63-85-89(79,80)86-65-68(87-71(76)59-56-53-50-47-44-39-24-21-18-15-12-9-6-3)64-82-70(75)58-55-52-49-46-43-41-37-35-28-26-23-20-17-14-11-8-5-2/h7-8,10-12,15-17,19-21,24-28,30-31,33-34,37-38,40-41,46,49,66-68,72-73H,4-6,9,13-14,18,22-23,29,32,35-36,39,42-45,47-48,50-65H2,1-3H3,(H,77,78)(H,79,80)/b10-7-,11-8-,15-12-,19-16-,20-17-,24-21-,27-25-,28-26-,31-30-,34-33-,40-38-,41-37-,49-46-. The lowest BCUT2D eigenvalue weighted by Crippen LogP contribution is -2.30. The molecule has 0 heterocycles. The summed E-state index contributed by atoms with van der Waals surface area (Å²) < 4.78 is 60.7. The van der Waals surface area contributed by atoms with E-state index in [1.54, 1.807) is 0 Å². The molecule has 16 nitrogen and oxygen atoms in total. The molecule has 0 fully saturated rings. The number of allylic oxidation sites excluding steroid dienone is 26. The van der Waals surface area contributed by atoms with Gasteiger partial charge in [-0.05, 0) is 135 Å². The number of phosphoric ester groups is 2. The number of hydrogen-bond acceptors (Lipinski definition) is 14. The van der Waals surface area contributed by atoms with E-state index < -0.39 is 91.5 Å². The van der Waals surface area contributed by atoms with Crippen LogP contribution in [0.2, 0.25) is 0 Å². The van der Waals surface area contributed by atoms with Crippen molar-refractivity contribution in [1.82, 2.24) is 0 Å². The predicted molar refractivity (Wildman–Crippen MR) is 362 cm³/mol. The highest BCUT2D eigenvalue weighted by Crippen LogP contribution is 2.45. The van der Waals surface area contributed by atoms with Crippen molar-refractivity contribution in [2.75, 3.05) is 39.6 Å². The van der Waals surface area contributed by atoms with Gasteiger partial charge in [0.1, 0.15) is 25.4 Å². The lowest BCUT2D eigenvalue weighted by atomic mass is 10.1. The third kappa shape index (κ3) is 64.5. The molecule has 0 amide bonds. The summed E-state index contributed by atoms with van der Waals surface area (Å²) in [5.74, 6) is -1.70. The molecule has 0 rings (SSSR count). The summed E-state index contributed by atoms with van der Waals surface area (Å²) in [5.41, 5.74) is 0. The second-order valence-electron chi connectivity index (χ2n) is 21.1. The predicted octanol–water partition coefficient (Wildman–Crippen LogP) is 18.0. The van der Waals surface area contributed by atoms with Crippen molar-refractivity contribution in [3.8, 4) is 0 Å². The quantitative estimate of drug-likeness (QED) is 0.0146. The molecule has 0 aliphatic rings. The maximum atomic E-state index is 12.9. The maximum absolute atomic E-state index is 12.9. The van der Waals surface area contributed by atoms with Gasteiger partial charge in [-0.3, -0.25) is 32.5 Å². The summed E-state index contributed by atoms with van der Waals surface area (Å²) in [4.78, 5) is 58.2. The molecule has 4 N–H and O–H groups in total. The van der Waals surface area contributed by atoms with Crippen molar-refractivity contribution in [3.63, 3.8) is 0 Å². The molecule has 0 bridgehead atoms. The van der Waals surface area contributed by atoms with Crippen molar-refractivity contribution in [3.05, 3.63) is 158 Å². The highest BCUT2D eigenvalue weighted by Gasteiger charge is 2.29. The fraction of sp³-hybridized carbons (Fsp3) is 0.592. The van der Waals surface area contributed by atoms with Crippen LogP contribution in [0.1, 0.15) is 213 Å². The van der Waals surface area contributed by atoms with Crippen LogP contribution in [0, 0.1) is 0 Å². The van der Waals surface area contributed by atoms with Gasteiger partial charge in [0.25, 0.3) is 0 Å². The van der Waals surface area contributed by atoms with Gasteiger partial charge in [0.2, 0.25) is 0 Å². The van der Waals surface area contributed by atoms with Crippen LogP contribution in [0.15, 0.2) is 158 Å². The first kappa shape index (κ1) is 84.2. The van der Waals surface area contributed by atoms with Gasteiger partial charge in [-0.25, -0.2) is 9.13 Å². The molecule has 0 radical (unpaired) electrons. The molecule has 0 saturated carbocycles. The van der Waals surface area contributed by atoms with Gasteiger partial charge in [0, 0.05) is 19.3 Å². The largest absolute Gasteiger partial charge is 0.472 e. The Morgan fingerprint density at radius 3 is 0.989 bits per heavy atom. The normalized spacial score (nSPS) is 15.3. The van der Waals surface area contributed by atoms with Crippen LogP contribution in [0.25, 0.3) is 0 Å². The van der Waals surface area contributed by atoms with Crippen molar-refractivity contribution < 1.29 is 75.8 Å². The fourth-order valence-electron chi connectivity index (χ4n) is 7.76. The first-order valence-electron chi connectivity index (χ1n) is 32.8. The van der Waals surface area contributed by atoms with E-state index in [4.69, 9.17) is 32.3 Å². The van der Waals surface area contributed by atoms with Crippen LogP contribution in [-0.4, -0.2) is 95.9 Å². The minimum atomic E-state index is -4.95. The van der Waals surface area contributed by atoms with Crippen molar-refractivity contribution >= 4 is 33.6 Å². The number of hydrogen-bond donors (Lipinski definition) is 4. The molecule has 0 aromatic carbocycles. The molecule has 18 heteroatoms. The summed E-state index contributed by atoms with van der Waals surface area (Å²) in [6, 6.07) is 0. The number of phosphoric acid groups is 2. The Morgan fingerprint density at radius 1 is 0.326 bits per heavy atom. The van der Waals surface area contributed by atoms with E-state index in [-0.39, 0.29) is 19.3 Å². The molecule has 0 aliphatic heterocycles. The van der Waals surface area contributed by atoms with Gasteiger partial charge in [0.05, 0.1) is 26.4 Å². The Morgan fingerprint density at radius 2 is 0.607 bits per heavy atom. The highest BCUT2D eigenvalue weighted by molar-refractivity contribution is 7.47. The van der Waals surface area contributed by atoms with E-state index in [9.17, 15) is 43.5 Å². The summed E-state index contributed by atoms with van der Waals surface area (Å²) in [5, 5.41) is 20.5. The lowest BCUT2D eigenvalue weighted by molar-refractivity contribution is -0.161. The van der Waals surface area contributed by atoms with Gasteiger partial charge in [-0.2, -0.15) is 0 Å². The van der Waals surface area contributed by atoms with E-state index in [1.807, 2.05) is 12.2 Å². The van der Waals surface area contributed by atoms with E-state index in [0.717, 1.165) is 148 Å². The zero-order valence-corrected chi connectivity index (χ0v) is 56.1. The first-order valence-corrected chi connectivity index (χ1v) is 35.8. The molecular formula is C71H114O16P2. The van der Waals surface area contributed by atoms with Crippen molar-refractivity contribution in [2.45, 2.75) is 232 Å². The van der Waals surface area contributed by atoms with Crippen LogP contribution in [0.3, 0.4) is 0 Å². The minimum absolute atomic E-state index is 0.0696. The Balaban J connectivity index is 4.70. The maximum Gasteiger partial charge on any atom is 0.472 e. The summed E-state index contributed by atoms with van der Waals surface area (Å²) >= 11 is 0. The van der Waals surface area contributed by atoms with Crippen LogP contribution >= 0.6 is 15.6 Å². The number of unbranched alkanes of at least 4 members (excludes halogenated alkanes) is 11. The van der Waals surface area contributed by atoms with Gasteiger partial charge in [-0.1, -0.05) is 217 Å². The minimum Gasteiger partial charge on any atom is -0.463 e. The van der Waals surface area contributed by atoms with Gasteiger partial charge in [-0.15, -0.1) is 0 Å². The second-order valence-corrected chi connectivity index (χ2v) is 24.1. The van der Waals surface area contributed by atoms with Crippen LogP contribution in [-0.2, 0) is 55.8 Å². The number of aliphatic hydroxyl groups is 2. The monoisotopic (exact) mass is 1280 g/mol. The smallest absolute Gasteiger partial charge is 0.463 e. The van der Waals surface area contributed by atoms with Crippen LogP contribution < -0.4 is 0 Å². The number of esters is 3.